The van der Waals surface area contributed by atoms with Crippen molar-refractivity contribution in [3.05, 3.63) is 19.2 Å². The van der Waals surface area contributed by atoms with Crippen LogP contribution in [0.3, 0.4) is 0 Å². The van der Waals surface area contributed by atoms with Crippen LogP contribution < -0.4 is 11.1 Å². The number of amides is 1. The van der Waals surface area contributed by atoms with Gasteiger partial charge in [0.1, 0.15) is 0 Å². The molecule has 0 unspecified atom stereocenters. The number of hydrogen-bond acceptors (Lipinski definition) is 4. The first-order chi connectivity index (χ1) is 7.04. The van der Waals surface area contributed by atoms with Crippen molar-refractivity contribution in [2.24, 2.45) is 10.9 Å². The first-order valence-corrected chi connectivity index (χ1v) is 6.14. The molecule has 0 saturated heterocycles. The third-order valence-corrected chi connectivity index (χ3v) is 3.80. The van der Waals surface area contributed by atoms with E-state index in [1.54, 1.807) is 6.07 Å². The number of halogens is 2. The summed E-state index contributed by atoms with van der Waals surface area (Å²) >= 11 is 7.92. The highest BCUT2D eigenvalue weighted by molar-refractivity contribution is 9.12. The third-order valence-electron chi connectivity index (χ3n) is 1.46. The van der Waals surface area contributed by atoms with Crippen LogP contribution in [-0.4, -0.2) is 23.5 Å². The Morgan fingerprint density at radius 3 is 2.80 bits per heavy atom. The number of carbonyl (C=O) groups excluding carboxylic acids is 1. The molecule has 1 amide bonds. The predicted octanol–water partition coefficient (Wildman–Crippen LogP) is 1.75. The molecule has 0 aliphatic heterocycles. The Kier molecular flexibility index (Phi) is 4.55. The minimum absolute atomic E-state index is 0.00917. The molecule has 0 fully saturated rings. The zero-order chi connectivity index (χ0) is 11.4. The van der Waals surface area contributed by atoms with E-state index in [-0.39, 0.29) is 18.3 Å². The average molecular weight is 357 g/mol. The van der Waals surface area contributed by atoms with Crippen molar-refractivity contribution in [3.63, 3.8) is 0 Å². The molecule has 0 saturated carbocycles. The van der Waals surface area contributed by atoms with Gasteiger partial charge in [0.2, 0.25) is 0 Å². The van der Waals surface area contributed by atoms with E-state index in [9.17, 15) is 4.79 Å². The lowest BCUT2D eigenvalue weighted by atomic mass is 10.3. The molecule has 0 radical (unpaired) electrons. The Labute approximate surface area is 107 Å². The summed E-state index contributed by atoms with van der Waals surface area (Å²) in [6.45, 7) is 0.00917. The molecule has 5 nitrogen and oxygen atoms in total. The molecular formula is C7H7Br2N3O2S. The number of carbonyl (C=O) groups is 1. The van der Waals surface area contributed by atoms with Crippen LogP contribution in [0, 0.1) is 0 Å². The van der Waals surface area contributed by atoms with Crippen LogP contribution in [0.1, 0.15) is 10.4 Å². The van der Waals surface area contributed by atoms with Gasteiger partial charge in [-0.2, -0.15) is 0 Å². The normalized spacial score (nSPS) is 11.5. The molecule has 15 heavy (non-hydrogen) atoms. The van der Waals surface area contributed by atoms with Gasteiger partial charge < -0.3 is 16.3 Å². The molecule has 0 aliphatic rings. The van der Waals surface area contributed by atoms with Crippen LogP contribution in [0.2, 0.25) is 0 Å². The van der Waals surface area contributed by atoms with Gasteiger partial charge >= 0.3 is 0 Å². The molecule has 0 spiro atoms. The summed E-state index contributed by atoms with van der Waals surface area (Å²) in [5.41, 5.74) is 5.72. The van der Waals surface area contributed by atoms with Gasteiger partial charge in [0.15, 0.2) is 5.84 Å². The second-order valence-corrected chi connectivity index (χ2v) is 6.26. The minimum atomic E-state index is -0.282. The van der Waals surface area contributed by atoms with Crippen molar-refractivity contribution in [3.8, 4) is 0 Å². The summed E-state index contributed by atoms with van der Waals surface area (Å²) in [6, 6.07) is 1.69. The highest BCUT2D eigenvalue weighted by Crippen LogP contribution is 2.31. The Balaban J connectivity index is 2.66. The largest absolute Gasteiger partial charge is 0.409 e. The van der Waals surface area contributed by atoms with E-state index in [1.807, 2.05) is 0 Å². The average Bonchev–Trinajstić information content (AvgIpc) is 2.53. The summed E-state index contributed by atoms with van der Waals surface area (Å²) in [5, 5.41) is 13.5. The van der Waals surface area contributed by atoms with E-state index in [1.165, 1.54) is 11.3 Å². The molecule has 8 heteroatoms. The second-order valence-electron chi connectivity index (χ2n) is 2.51. The van der Waals surface area contributed by atoms with E-state index < -0.39 is 0 Å². The molecule has 0 aliphatic carbocycles. The van der Waals surface area contributed by atoms with Crippen molar-refractivity contribution in [2.45, 2.75) is 0 Å². The molecule has 0 atom stereocenters. The van der Waals surface area contributed by atoms with Crippen LogP contribution in [0.15, 0.2) is 18.8 Å². The van der Waals surface area contributed by atoms with E-state index in [2.05, 4.69) is 42.3 Å². The van der Waals surface area contributed by atoms with Gasteiger partial charge in [-0.15, -0.1) is 11.3 Å². The van der Waals surface area contributed by atoms with E-state index in [0.717, 1.165) is 7.57 Å². The molecular weight excluding hydrogens is 350 g/mol. The fourth-order valence-corrected chi connectivity index (χ4v) is 3.59. The van der Waals surface area contributed by atoms with Crippen LogP contribution in [0.4, 0.5) is 0 Å². The van der Waals surface area contributed by atoms with Gasteiger partial charge in [-0.3, -0.25) is 4.79 Å². The number of rotatable bonds is 3. The Bertz CT molecular complexity index is 405. The lowest BCUT2D eigenvalue weighted by Gasteiger charge is -2.01. The van der Waals surface area contributed by atoms with Crippen molar-refractivity contribution < 1.29 is 10.0 Å². The molecule has 0 aromatic carbocycles. The first kappa shape index (κ1) is 12.5. The summed E-state index contributed by atoms with van der Waals surface area (Å²) in [6.07, 6.45) is 0. The van der Waals surface area contributed by atoms with Crippen LogP contribution >= 0.6 is 43.2 Å². The number of amidine groups is 1. The lowest BCUT2D eigenvalue weighted by Crippen LogP contribution is -2.33. The molecule has 4 N–H and O–H groups in total. The summed E-state index contributed by atoms with van der Waals surface area (Å²) in [7, 11) is 0. The summed E-state index contributed by atoms with van der Waals surface area (Å²) < 4.78 is 1.58. The van der Waals surface area contributed by atoms with Gasteiger partial charge in [-0.05, 0) is 37.9 Å². The number of hydrogen-bond donors (Lipinski definition) is 3. The van der Waals surface area contributed by atoms with E-state index in [0.29, 0.717) is 5.56 Å². The number of oxime groups is 1. The highest BCUT2D eigenvalue weighted by Gasteiger charge is 2.13. The maximum atomic E-state index is 11.6. The van der Waals surface area contributed by atoms with E-state index in [4.69, 9.17) is 10.9 Å². The standard InChI is InChI=1S/C7H7Br2N3O2S/c8-4-1-3(6(9)15-4)7(13)11-2-5(10)12-14/h1,14H,2H2,(H2,10,12)(H,11,13). The highest BCUT2D eigenvalue weighted by atomic mass is 79.9. The number of thiophene rings is 1. The topological polar surface area (TPSA) is 87.7 Å². The van der Waals surface area contributed by atoms with Gasteiger partial charge in [0.05, 0.1) is 19.7 Å². The van der Waals surface area contributed by atoms with Gasteiger partial charge in [-0.1, -0.05) is 5.16 Å². The first-order valence-electron chi connectivity index (χ1n) is 3.74. The minimum Gasteiger partial charge on any atom is -0.409 e. The van der Waals surface area contributed by atoms with Crippen LogP contribution in [-0.2, 0) is 0 Å². The number of nitrogens with two attached hydrogens (primary N) is 1. The molecule has 82 valence electrons. The zero-order valence-corrected chi connectivity index (χ0v) is 11.3. The van der Waals surface area contributed by atoms with Crippen LogP contribution in [0.25, 0.3) is 0 Å². The second kappa shape index (κ2) is 5.47. The lowest BCUT2D eigenvalue weighted by molar-refractivity contribution is 0.0958. The Hall–Kier alpha value is -0.600. The SMILES string of the molecule is N/C(CNC(=O)c1cc(Br)sc1Br)=N/O. The maximum Gasteiger partial charge on any atom is 0.253 e. The molecule has 1 heterocycles. The summed E-state index contributed by atoms with van der Waals surface area (Å²) in [5.74, 6) is -0.329. The van der Waals surface area contributed by atoms with Crippen LogP contribution in [0.5, 0.6) is 0 Å². The van der Waals surface area contributed by atoms with Gasteiger partial charge in [0.25, 0.3) is 5.91 Å². The monoisotopic (exact) mass is 355 g/mol. The molecule has 1 aromatic rings. The predicted molar refractivity (Wildman–Crippen MR) is 65.5 cm³/mol. The molecule has 1 rings (SSSR count). The van der Waals surface area contributed by atoms with Crippen molar-refractivity contribution in [1.82, 2.24) is 5.32 Å². The quantitative estimate of drug-likeness (QED) is 0.333. The Morgan fingerprint density at radius 2 is 2.33 bits per heavy atom. The fraction of sp³-hybridized carbons (Fsp3) is 0.143. The molecule has 1 aromatic heterocycles. The third kappa shape index (κ3) is 3.47. The molecule has 0 bridgehead atoms. The van der Waals surface area contributed by atoms with E-state index >= 15 is 0 Å². The van der Waals surface area contributed by atoms with Crippen molar-refractivity contribution >= 4 is 54.9 Å². The maximum absolute atomic E-state index is 11.6. The number of nitrogens with one attached hydrogen (secondary N) is 1. The van der Waals surface area contributed by atoms with Gasteiger partial charge in [-0.25, -0.2) is 0 Å². The van der Waals surface area contributed by atoms with Crippen molar-refractivity contribution in [1.29, 1.82) is 0 Å². The smallest absolute Gasteiger partial charge is 0.253 e. The Morgan fingerprint density at radius 1 is 1.67 bits per heavy atom. The number of nitrogens with zero attached hydrogens (tertiary/aromatic N) is 1. The summed E-state index contributed by atoms with van der Waals surface area (Å²) in [4.78, 5) is 11.6. The zero-order valence-electron chi connectivity index (χ0n) is 7.33. The fourth-order valence-electron chi connectivity index (χ4n) is 0.796. The van der Waals surface area contributed by atoms with Crippen molar-refractivity contribution in [2.75, 3.05) is 6.54 Å². The van der Waals surface area contributed by atoms with Gasteiger partial charge in [0, 0.05) is 0 Å².